The number of hydrogen-bond donors (Lipinski definition) is 3. The Bertz CT molecular complexity index is 308. The molecular formula is C18H34O5. The maximum Gasteiger partial charge on any atom is 0.111 e. The van der Waals surface area contributed by atoms with E-state index in [1.54, 1.807) is 0 Å². The van der Waals surface area contributed by atoms with Gasteiger partial charge in [0.15, 0.2) is 0 Å². The van der Waals surface area contributed by atoms with Crippen molar-refractivity contribution in [3.63, 3.8) is 0 Å². The summed E-state index contributed by atoms with van der Waals surface area (Å²) in [7, 11) is 0. The number of ether oxygens (including phenoxy) is 2. The predicted molar refractivity (Wildman–Crippen MR) is 90.3 cm³/mol. The molecule has 0 amide bonds. The molecule has 0 bridgehead atoms. The minimum Gasteiger partial charge on any atom is -0.388 e. The molecule has 5 nitrogen and oxygen atoms in total. The second-order valence-electron chi connectivity index (χ2n) is 6.31. The largest absolute Gasteiger partial charge is 0.388 e. The molecule has 1 rings (SSSR count). The normalized spacial score (nSPS) is 28.5. The van der Waals surface area contributed by atoms with Gasteiger partial charge < -0.3 is 24.8 Å². The number of rotatable bonds is 12. The molecule has 0 saturated carbocycles. The van der Waals surface area contributed by atoms with E-state index in [1.165, 1.54) is 32.1 Å². The van der Waals surface area contributed by atoms with Gasteiger partial charge in [0.2, 0.25) is 0 Å². The predicted octanol–water partition coefficient (Wildman–Crippen LogP) is 2.18. The molecule has 1 fully saturated rings. The van der Waals surface area contributed by atoms with E-state index >= 15 is 0 Å². The topological polar surface area (TPSA) is 79.2 Å². The first-order valence-electron chi connectivity index (χ1n) is 9.05. The van der Waals surface area contributed by atoms with Gasteiger partial charge >= 0.3 is 0 Å². The van der Waals surface area contributed by atoms with Crippen LogP contribution in [0.1, 0.15) is 58.3 Å². The first-order valence-corrected chi connectivity index (χ1v) is 9.05. The first-order chi connectivity index (χ1) is 11.2. The van der Waals surface area contributed by atoms with Crippen LogP contribution in [-0.2, 0) is 9.47 Å². The maximum atomic E-state index is 9.76. The van der Waals surface area contributed by atoms with E-state index < -0.39 is 24.4 Å². The van der Waals surface area contributed by atoms with Crippen LogP contribution in [0.5, 0.6) is 0 Å². The van der Waals surface area contributed by atoms with Gasteiger partial charge in [-0.2, -0.15) is 0 Å². The monoisotopic (exact) mass is 330 g/mol. The average Bonchev–Trinajstić information content (AvgIpc) is 2.55. The number of allylic oxidation sites excluding steroid dienone is 2. The molecule has 0 unspecified atom stereocenters. The highest BCUT2D eigenvalue weighted by molar-refractivity contribution is 4.86. The molecule has 0 radical (unpaired) electrons. The summed E-state index contributed by atoms with van der Waals surface area (Å²) in [5.74, 6) is 0. The van der Waals surface area contributed by atoms with Gasteiger partial charge in [0, 0.05) is 6.61 Å². The van der Waals surface area contributed by atoms with Crippen molar-refractivity contribution in [2.75, 3.05) is 19.8 Å². The Balaban J connectivity index is 1.91. The van der Waals surface area contributed by atoms with Gasteiger partial charge in [-0.15, -0.1) is 0 Å². The maximum absolute atomic E-state index is 9.76. The van der Waals surface area contributed by atoms with Crippen LogP contribution in [0.25, 0.3) is 0 Å². The molecule has 5 heteroatoms. The van der Waals surface area contributed by atoms with Crippen LogP contribution in [0.15, 0.2) is 12.2 Å². The Morgan fingerprint density at radius 3 is 2.39 bits per heavy atom. The molecule has 1 aliphatic heterocycles. The fourth-order valence-electron chi connectivity index (χ4n) is 2.59. The summed E-state index contributed by atoms with van der Waals surface area (Å²) < 4.78 is 10.8. The smallest absolute Gasteiger partial charge is 0.111 e. The second kappa shape index (κ2) is 12.9. The first kappa shape index (κ1) is 20.6. The molecule has 0 aromatic carbocycles. The number of hydrogen-bond acceptors (Lipinski definition) is 5. The lowest BCUT2D eigenvalue weighted by Crippen LogP contribution is -2.54. The Labute approximate surface area is 140 Å². The zero-order chi connectivity index (χ0) is 16.9. The van der Waals surface area contributed by atoms with E-state index in [0.717, 1.165) is 19.3 Å². The molecule has 1 aliphatic rings. The molecule has 0 spiro atoms. The molecule has 1 heterocycles. The standard InChI is InChI=1S/C18H34O5/c1-2-3-4-5-6-7-8-9-10-11-12-22-14-16-18(21)17(20)15(19)13-23-16/h5-6,15-21H,2-4,7-14H2,1H3/b6-5+/t15-,16+,17+,18+/m1/s1. The van der Waals surface area contributed by atoms with E-state index in [4.69, 9.17) is 9.47 Å². The third-order valence-electron chi connectivity index (χ3n) is 4.19. The molecule has 1 saturated heterocycles. The summed E-state index contributed by atoms with van der Waals surface area (Å²) >= 11 is 0. The van der Waals surface area contributed by atoms with E-state index in [-0.39, 0.29) is 13.2 Å². The average molecular weight is 330 g/mol. The van der Waals surface area contributed by atoms with Gasteiger partial charge in [-0.3, -0.25) is 0 Å². The van der Waals surface area contributed by atoms with Crippen LogP contribution in [0.2, 0.25) is 0 Å². The van der Waals surface area contributed by atoms with Crippen molar-refractivity contribution >= 4 is 0 Å². The van der Waals surface area contributed by atoms with E-state index in [9.17, 15) is 15.3 Å². The Morgan fingerprint density at radius 2 is 1.65 bits per heavy atom. The van der Waals surface area contributed by atoms with Crippen molar-refractivity contribution in [2.45, 2.75) is 82.7 Å². The minimum absolute atomic E-state index is 0.0397. The van der Waals surface area contributed by atoms with Crippen LogP contribution < -0.4 is 0 Å². The number of aliphatic hydroxyl groups is 3. The third kappa shape index (κ3) is 8.82. The summed E-state index contributed by atoms with van der Waals surface area (Å²) in [6.45, 7) is 3.14. The molecule has 0 aromatic heterocycles. The van der Waals surface area contributed by atoms with Gasteiger partial charge in [0.1, 0.15) is 24.4 Å². The second-order valence-corrected chi connectivity index (χ2v) is 6.31. The molecule has 23 heavy (non-hydrogen) atoms. The Hall–Kier alpha value is -0.460. The fraction of sp³-hybridized carbons (Fsp3) is 0.889. The molecule has 3 N–H and O–H groups in total. The molecule has 4 atom stereocenters. The van der Waals surface area contributed by atoms with E-state index in [1.807, 2.05) is 0 Å². The van der Waals surface area contributed by atoms with E-state index in [2.05, 4.69) is 19.1 Å². The molecule has 0 aromatic rings. The van der Waals surface area contributed by atoms with Gasteiger partial charge in [-0.1, -0.05) is 44.8 Å². The zero-order valence-electron chi connectivity index (χ0n) is 14.4. The number of aliphatic hydroxyl groups excluding tert-OH is 3. The lowest BCUT2D eigenvalue weighted by molar-refractivity contribution is -0.199. The quantitative estimate of drug-likeness (QED) is 0.377. The SMILES string of the molecule is CCCC/C=C/CCCCCCOC[C@@H]1OC[C@@H](O)[C@H](O)[C@H]1O. The number of unbranched alkanes of at least 4 members (excludes halogenated alkanes) is 6. The van der Waals surface area contributed by atoms with Crippen molar-refractivity contribution in [1.82, 2.24) is 0 Å². The summed E-state index contributed by atoms with van der Waals surface area (Å²) in [6, 6.07) is 0. The van der Waals surface area contributed by atoms with Crippen molar-refractivity contribution < 1.29 is 24.8 Å². The van der Waals surface area contributed by atoms with Crippen LogP contribution in [-0.4, -0.2) is 59.6 Å². The lowest BCUT2D eigenvalue weighted by Gasteiger charge is -2.35. The van der Waals surface area contributed by atoms with E-state index in [0.29, 0.717) is 6.61 Å². The van der Waals surface area contributed by atoms with Crippen molar-refractivity contribution in [1.29, 1.82) is 0 Å². The highest BCUT2D eigenvalue weighted by Crippen LogP contribution is 2.16. The fourth-order valence-corrected chi connectivity index (χ4v) is 2.59. The molecule has 0 aliphatic carbocycles. The zero-order valence-corrected chi connectivity index (χ0v) is 14.4. The van der Waals surface area contributed by atoms with Gasteiger partial charge in [0.05, 0.1) is 13.2 Å². The summed E-state index contributed by atoms with van der Waals surface area (Å²) in [6.07, 6.45) is 10.2. The van der Waals surface area contributed by atoms with Crippen molar-refractivity contribution in [3.8, 4) is 0 Å². The van der Waals surface area contributed by atoms with Crippen molar-refractivity contribution in [3.05, 3.63) is 12.2 Å². The minimum atomic E-state index is -1.15. The highest BCUT2D eigenvalue weighted by atomic mass is 16.6. The summed E-state index contributed by atoms with van der Waals surface area (Å²) in [5, 5.41) is 28.7. The van der Waals surface area contributed by atoms with Gasteiger partial charge in [-0.05, 0) is 25.7 Å². The van der Waals surface area contributed by atoms with Crippen LogP contribution in [0.4, 0.5) is 0 Å². The van der Waals surface area contributed by atoms with Gasteiger partial charge in [-0.25, -0.2) is 0 Å². The molecule has 136 valence electrons. The van der Waals surface area contributed by atoms with Gasteiger partial charge in [0.25, 0.3) is 0 Å². The summed E-state index contributed by atoms with van der Waals surface area (Å²) in [4.78, 5) is 0. The summed E-state index contributed by atoms with van der Waals surface area (Å²) in [5.41, 5.74) is 0. The Kier molecular flexibility index (Phi) is 11.5. The van der Waals surface area contributed by atoms with Crippen LogP contribution in [0, 0.1) is 0 Å². The van der Waals surface area contributed by atoms with Crippen LogP contribution >= 0.6 is 0 Å². The van der Waals surface area contributed by atoms with Crippen molar-refractivity contribution in [2.24, 2.45) is 0 Å². The Morgan fingerprint density at radius 1 is 0.957 bits per heavy atom. The lowest BCUT2D eigenvalue weighted by atomic mass is 10.0. The van der Waals surface area contributed by atoms with Crippen LogP contribution in [0.3, 0.4) is 0 Å². The molecular weight excluding hydrogens is 296 g/mol. The third-order valence-corrected chi connectivity index (χ3v) is 4.19. The highest BCUT2D eigenvalue weighted by Gasteiger charge is 2.37.